The highest BCUT2D eigenvalue weighted by Gasteiger charge is 2.45. The molecule has 1 aliphatic heterocycles. The maximum atomic E-state index is 13.3. The molecule has 36 heavy (non-hydrogen) atoms. The number of carbonyl (C=O) groups is 1. The molecule has 2 aromatic rings. The fourth-order valence-corrected chi connectivity index (χ4v) is 5.73. The van der Waals surface area contributed by atoms with E-state index in [1.54, 1.807) is 30.5 Å². The average Bonchev–Trinajstić information content (AvgIpc) is 3.24. The highest BCUT2D eigenvalue weighted by Crippen LogP contribution is 2.43. The second kappa shape index (κ2) is 12.0. The molecule has 9 heteroatoms. The smallest absolute Gasteiger partial charge is 0.226 e. The molecule has 196 valence electrons. The Bertz CT molecular complexity index is 1020. The largest absolute Gasteiger partial charge is 0.391 e. The third kappa shape index (κ3) is 5.74. The molecule has 1 saturated heterocycles. The van der Waals surface area contributed by atoms with Crippen LogP contribution in [-0.4, -0.2) is 77.7 Å². The number of nitrogens with zero attached hydrogens (tertiary/aromatic N) is 2. The molecule has 4 rings (SSSR count). The highest BCUT2D eigenvalue weighted by molar-refractivity contribution is 6.33. The van der Waals surface area contributed by atoms with E-state index < -0.39 is 17.8 Å². The van der Waals surface area contributed by atoms with E-state index in [9.17, 15) is 15.0 Å². The van der Waals surface area contributed by atoms with Crippen molar-refractivity contribution in [3.8, 4) is 11.1 Å². The van der Waals surface area contributed by atoms with Gasteiger partial charge in [0, 0.05) is 60.8 Å². The van der Waals surface area contributed by atoms with Gasteiger partial charge in [-0.25, -0.2) is 0 Å². The Morgan fingerprint density at radius 2 is 2.14 bits per heavy atom. The number of aliphatic hydroxyl groups excluding tert-OH is 1. The Hall–Kier alpha value is -2.07. The molecule has 1 saturated carbocycles. The van der Waals surface area contributed by atoms with Crippen LogP contribution in [-0.2, 0) is 19.9 Å². The van der Waals surface area contributed by atoms with Crippen molar-refractivity contribution in [2.45, 2.75) is 56.0 Å². The predicted octanol–water partition coefficient (Wildman–Crippen LogP) is 2.73. The van der Waals surface area contributed by atoms with Gasteiger partial charge >= 0.3 is 0 Å². The van der Waals surface area contributed by atoms with Crippen molar-refractivity contribution in [2.24, 2.45) is 11.7 Å². The molecule has 1 amide bonds. The lowest BCUT2D eigenvalue weighted by molar-refractivity contribution is -0.167. The normalized spacial score (nSPS) is 26.1. The van der Waals surface area contributed by atoms with Gasteiger partial charge in [-0.2, -0.15) is 0 Å². The first-order valence-corrected chi connectivity index (χ1v) is 13.0. The second-order valence-electron chi connectivity index (χ2n) is 9.82. The quantitative estimate of drug-likeness (QED) is 0.438. The molecule has 1 unspecified atom stereocenters. The van der Waals surface area contributed by atoms with Crippen molar-refractivity contribution >= 4 is 17.5 Å². The molecule has 0 spiro atoms. The summed E-state index contributed by atoms with van der Waals surface area (Å²) in [7, 11) is 1.66. The zero-order valence-corrected chi connectivity index (χ0v) is 21.4. The van der Waals surface area contributed by atoms with Crippen molar-refractivity contribution in [3.05, 3.63) is 53.3 Å². The first-order valence-electron chi connectivity index (χ1n) is 12.6. The Morgan fingerprint density at radius 1 is 1.31 bits per heavy atom. The van der Waals surface area contributed by atoms with Crippen molar-refractivity contribution < 1.29 is 24.5 Å². The lowest BCUT2D eigenvalue weighted by Gasteiger charge is -2.44. The third-order valence-electron chi connectivity index (χ3n) is 7.42. The van der Waals surface area contributed by atoms with Crippen LogP contribution < -0.4 is 5.73 Å². The number of hydrogen-bond acceptors (Lipinski definition) is 7. The van der Waals surface area contributed by atoms with Gasteiger partial charge in [-0.3, -0.25) is 9.78 Å². The van der Waals surface area contributed by atoms with Crippen LogP contribution in [0.15, 0.2) is 42.7 Å². The van der Waals surface area contributed by atoms with Gasteiger partial charge in [0.2, 0.25) is 5.91 Å². The van der Waals surface area contributed by atoms with E-state index >= 15 is 0 Å². The van der Waals surface area contributed by atoms with E-state index in [1.807, 2.05) is 24.3 Å². The van der Waals surface area contributed by atoms with Crippen LogP contribution in [0, 0.1) is 5.92 Å². The lowest BCUT2D eigenvalue weighted by atomic mass is 9.79. The number of aromatic nitrogens is 1. The SMILES string of the molecule is COCCCC[C@@](O)(c1cccc(Cl)c1-c1cccnc1)C1CN(C(=O)[C@H]2C[C@@H](N)[C@@H](O)C2)CCO1. The van der Waals surface area contributed by atoms with E-state index in [2.05, 4.69) is 4.98 Å². The number of ether oxygens (including phenoxy) is 2. The second-order valence-corrected chi connectivity index (χ2v) is 10.2. The molecular formula is C27H36ClN3O5. The van der Waals surface area contributed by atoms with E-state index in [0.717, 1.165) is 12.0 Å². The number of benzene rings is 1. The van der Waals surface area contributed by atoms with Crippen molar-refractivity contribution in [1.29, 1.82) is 0 Å². The third-order valence-corrected chi connectivity index (χ3v) is 7.74. The Labute approximate surface area is 217 Å². The topological polar surface area (TPSA) is 118 Å². The molecule has 2 aliphatic rings. The lowest BCUT2D eigenvalue weighted by Crippen LogP contribution is -2.55. The highest BCUT2D eigenvalue weighted by atomic mass is 35.5. The molecule has 4 N–H and O–H groups in total. The van der Waals surface area contributed by atoms with Gasteiger partial charge in [-0.05, 0) is 49.8 Å². The fourth-order valence-electron chi connectivity index (χ4n) is 5.45. The maximum Gasteiger partial charge on any atom is 0.226 e. The van der Waals surface area contributed by atoms with Gasteiger partial charge in [0.25, 0.3) is 0 Å². The number of carbonyl (C=O) groups excluding carboxylic acids is 1. The molecule has 1 aromatic carbocycles. The summed E-state index contributed by atoms with van der Waals surface area (Å²) in [4.78, 5) is 19.3. The van der Waals surface area contributed by atoms with E-state index in [0.29, 0.717) is 61.6 Å². The van der Waals surface area contributed by atoms with Crippen LogP contribution in [0.25, 0.3) is 11.1 Å². The van der Waals surface area contributed by atoms with Gasteiger partial charge in [-0.1, -0.05) is 29.8 Å². The average molecular weight is 518 g/mol. The summed E-state index contributed by atoms with van der Waals surface area (Å²) in [5, 5.41) is 22.9. The number of morpholine rings is 1. The predicted molar refractivity (Wildman–Crippen MR) is 137 cm³/mol. The molecule has 5 atom stereocenters. The van der Waals surface area contributed by atoms with Gasteiger partial charge in [-0.15, -0.1) is 0 Å². The Morgan fingerprint density at radius 3 is 2.83 bits per heavy atom. The summed E-state index contributed by atoms with van der Waals surface area (Å²) in [6.07, 6.45) is 4.79. The number of nitrogens with two attached hydrogens (primary N) is 1. The minimum atomic E-state index is -1.41. The first-order chi connectivity index (χ1) is 17.3. The van der Waals surface area contributed by atoms with Crippen LogP contribution in [0.2, 0.25) is 5.02 Å². The summed E-state index contributed by atoms with van der Waals surface area (Å²) in [6, 6.07) is 8.85. The summed E-state index contributed by atoms with van der Waals surface area (Å²) < 4.78 is 11.4. The molecule has 0 bridgehead atoms. The van der Waals surface area contributed by atoms with Gasteiger partial charge in [0.15, 0.2) is 0 Å². The van der Waals surface area contributed by atoms with Gasteiger partial charge < -0.3 is 30.3 Å². The molecule has 2 heterocycles. The Balaban J connectivity index is 1.66. The molecular weight excluding hydrogens is 482 g/mol. The van der Waals surface area contributed by atoms with E-state index in [-0.39, 0.29) is 24.4 Å². The van der Waals surface area contributed by atoms with Crippen molar-refractivity contribution in [1.82, 2.24) is 9.88 Å². The van der Waals surface area contributed by atoms with Crippen LogP contribution in [0.4, 0.5) is 0 Å². The number of hydrogen-bond donors (Lipinski definition) is 3. The maximum absolute atomic E-state index is 13.3. The zero-order chi connectivity index (χ0) is 25.7. The van der Waals surface area contributed by atoms with Crippen LogP contribution in [0.5, 0.6) is 0 Å². The standard InChI is InChI=1S/C27H36ClN3O5/c1-35-12-3-2-9-27(34,20-7-4-8-21(28)25(20)18-6-5-10-30-16-18)24-17-31(11-13-36-24)26(33)19-14-22(29)23(32)15-19/h4-8,10,16,19,22-24,32,34H,2-3,9,11-15,17,29H2,1H3/t19-,22+,23-,24?,27+/m0/s1. The van der Waals surface area contributed by atoms with E-state index in [1.165, 1.54) is 0 Å². The Kier molecular flexibility index (Phi) is 8.98. The van der Waals surface area contributed by atoms with Crippen LogP contribution in [0.3, 0.4) is 0 Å². The summed E-state index contributed by atoms with van der Waals surface area (Å²) in [5.41, 5.74) is 6.71. The monoisotopic (exact) mass is 517 g/mol. The van der Waals surface area contributed by atoms with Crippen molar-refractivity contribution in [2.75, 3.05) is 33.4 Å². The first kappa shape index (κ1) is 27.0. The molecule has 0 radical (unpaired) electrons. The molecule has 8 nitrogen and oxygen atoms in total. The minimum absolute atomic E-state index is 0.0457. The summed E-state index contributed by atoms with van der Waals surface area (Å²) in [5.74, 6) is -0.365. The summed E-state index contributed by atoms with van der Waals surface area (Å²) >= 11 is 6.69. The molecule has 2 fully saturated rings. The van der Waals surface area contributed by atoms with Gasteiger partial charge in [0.05, 0.1) is 19.3 Å². The minimum Gasteiger partial charge on any atom is -0.391 e. The number of methoxy groups -OCH3 is 1. The van der Waals surface area contributed by atoms with Gasteiger partial charge in [0.1, 0.15) is 11.7 Å². The number of aliphatic hydroxyl groups is 2. The molecule has 1 aromatic heterocycles. The van der Waals surface area contributed by atoms with Crippen molar-refractivity contribution in [3.63, 3.8) is 0 Å². The van der Waals surface area contributed by atoms with Crippen LogP contribution >= 0.6 is 11.6 Å². The fraction of sp³-hybridized carbons (Fsp3) is 0.556. The van der Waals surface area contributed by atoms with E-state index in [4.69, 9.17) is 26.8 Å². The number of amides is 1. The van der Waals surface area contributed by atoms with Crippen LogP contribution in [0.1, 0.15) is 37.7 Å². The number of halogens is 1. The summed E-state index contributed by atoms with van der Waals surface area (Å²) in [6.45, 7) is 1.56. The number of rotatable bonds is 9. The zero-order valence-electron chi connectivity index (χ0n) is 20.7. The number of unbranched alkanes of at least 4 members (excludes halogenated alkanes) is 1. The molecule has 1 aliphatic carbocycles. The number of pyridine rings is 1.